The number of rotatable bonds is 2. The van der Waals surface area contributed by atoms with E-state index in [-0.39, 0.29) is 24.0 Å². The van der Waals surface area contributed by atoms with E-state index in [4.69, 9.17) is 14.3 Å². The van der Waals surface area contributed by atoms with Gasteiger partial charge >= 0.3 is 12.1 Å². The van der Waals surface area contributed by atoms with Crippen LogP contribution in [0, 0.1) is 5.92 Å². The molecular weight excluding hydrogens is 279 g/mol. The van der Waals surface area contributed by atoms with Crippen molar-refractivity contribution in [3.8, 4) is 0 Å². The van der Waals surface area contributed by atoms with E-state index in [1.54, 1.807) is 20.8 Å². The Labute approximate surface area is 112 Å². The lowest BCUT2D eigenvalue weighted by Gasteiger charge is -2.13. The van der Waals surface area contributed by atoms with Crippen molar-refractivity contribution in [1.29, 1.82) is 0 Å². The second-order valence-corrected chi connectivity index (χ2v) is 4.96. The van der Waals surface area contributed by atoms with Gasteiger partial charge in [0.15, 0.2) is 5.69 Å². The third-order valence-corrected chi connectivity index (χ3v) is 3.63. The van der Waals surface area contributed by atoms with Gasteiger partial charge in [-0.1, -0.05) is 6.92 Å². The van der Waals surface area contributed by atoms with Crippen LogP contribution in [0.5, 0.6) is 0 Å². The molecule has 0 radical (unpaired) electrons. The summed E-state index contributed by atoms with van der Waals surface area (Å²) in [5.41, 5.74) is -1.50. The van der Waals surface area contributed by atoms with Crippen LogP contribution in [-0.2, 0) is 10.9 Å². The first-order valence-electron chi connectivity index (χ1n) is 6.09. The maximum atomic E-state index is 12.8. The summed E-state index contributed by atoms with van der Waals surface area (Å²) in [4.78, 5) is 14.2. The molecule has 0 amide bonds. The molecule has 1 aliphatic heterocycles. The molecule has 112 valence electrons. The van der Waals surface area contributed by atoms with Crippen molar-refractivity contribution < 1.29 is 32.2 Å². The molecule has 4 atom stereocenters. The average molecular weight is 293 g/mol. The third-order valence-electron chi connectivity index (χ3n) is 3.63. The van der Waals surface area contributed by atoms with Crippen LogP contribution in [0.15, 0.2) is 4.42 Å². The molecule has 1 fully saturated rings. The quantitative estimate of drug-likeness (QED) is 0.907. The summed E-state index contributed by atoms with van der Waals surface area (Å²) >= 11 is 0. The molecule has 20 heavy (non-hydrogen) atoms. The molecule has 2 heterocycles. The standard InChI is InChI=1S/C12H14F3NO4/c1-4-5(2)19-6(3)7(4)10-16-9(12(13,14)15)8(20-10)11(17)18/h4-7H,1-3H3,(H,17,18). The number of carboxylic acids is 1. The minimum Gasteiger partial charge on any atom is -0.475 e. The summed E-state index contributed by atoms with van der Waals surface area (Å²) in [5, 5.41) is 8.80. The Hall–Kier alpha value is -1.57. The van der Waals surface area contributed by atoms with Crippen molar-refractivity contribution in [2.45, 2.75) is 45.1 Å². The molecule has 1 aromatic rings. The zero-order valence-corrected chi connectivity index (χ0v) is 11.1. The van der Waals surface area contributed by atoms with Crippen LogP contribution in [-0.4, -0.2) is 28.3 Å². The van der Waals surface area contributed by atoms with Gasteiger partial charge in [-0.2, -0.15) is 13.2 Å². The highest BCUT2D eigenvalue weighted by Gasteiger charge is 2.46. The van der Waals surface area contributed by atoms with Crippen molar-refractivity contribution in [3.05, 3.63) is 17.3 Å². The molecule has 1 N–H and O–H groups in total. The SMILES string of the molecule is CC1OC(C)C(c2nc(C(F)(F)F)c(C(=O)O)o2)C1C. The van der Waals surface area contributed by atoms with E-state index in [0.717, 1.165) is 0 Å². The summed E-state index contributed by atoms with van der Waals surface area (Å²) in [6.07, 6.45) is -5.42. The molecule has 1 aliphatic rings. The van der Waals surface area contributed by atoms with Gasteiger partial charge in [0.05, 0.1) is 18.1 Å². The number of alkyl halides is 3. The van der Waals surface area contributed by atoms with Gasteiger partial charge in [-0.3, -0.25) is 0 Å². The number of aromatic carboxylic acids is 1. The van der Waals surface area contributed by atoms with Crippen molar-refractivity contribution >= 4 is 5.97 Å². The van der Waals surface area contributed by atoms with E-state index in [1.165, 1.54) is 0 Å². The highest BCUT2D eigenvalue weighted by molar-refractivity contribution is 5.85. The monoisotopic (exact) mass is 293 g/mol. The topological polar surface area (TPSA) is 72.6 Å². The minimum atomic E-state index is -4.87. The van der Waals surface area contributed by atoms with Crippen molar-refractivity contribution in [1.82, 2.24) is 4.98 Å². The lowest BCUT2D eigenvalue weighted by molar-refractivity contribution is -0.141. The second kappa shape index (κ2) is 4.76. The van der Waals surface area contributed by atoms with Crippen LogP contribution in [0.3, 0.4) is 0 Å². The molecule has 0 spiro atoms. The number of hydrogen-bond acceptors (Lipinski definition) is 4. The first-order valence-corrected chi connectivity index (χ1v) is 6.09. The number of aromatic nitrogens is 1. The molecule has 1 aromatic heterocycles. The summed E-state index contributed by atoms with van der Waals surface area (Å²) in [5.74, 6) is -3.82. The van der Waals surface area contributed by atoms with Crippen LogP contribution in [0.1, 0.15) is 48.8 Å². The molecule has 8 heteroatoms. The predicted octanol–water partition coefficient (Wildman–Crippen LogP) is 2.92. The van der Waals surface area contributed by atoms with Crippen molar-refractivity contribution in [2.75, 3.05) is 0 Å². The molecule has 0 bridgehead atoms. The Morgan fingerprint density at radius 2 is 1.85 bits per heavy atom. The fraction of sp³-hybridized carbons (Fsp3) is 0.667. The van der Waals surface area contributed by atoms with Gasteiger partial charge in [0.1, 0.15) is 0 Å². The zero-order valence-electron chi connectivity index (χ0n) is 11.1. The molecule has 4 unspecified atom stereocenters. The summed E-state index contributed by atoms with van der Waals surface area (Å²) in [6.45, 7) is 5.30. The Bertz CT molecular complexity index is 525. The van der Waals surface area contributed by atoms with Gasteiger partial charge in [-0.05, 0) is 19.8 Å². The van der Waals surface area contributed by atoms with Crippen LogP contribution in [0.4, 0.5) is 13.2 Å². The van der Waals surface area contributed by atoms with Crippen LogP contribution >= 0.6 is 0 Å². The van der Waals surface area contributed by atoms with Crippen LogP contribution in [0.2, 0.25) is 0 Å². The van der Waals surface area contributed by atoms with Gasteiger partial charge in [0.25, 0.3) is 0 Å². The summed E-state index contributed by atoms with van der Waals surface area (Å²) in [7, 11) is 0. The largest absolute Gasteiger partial charge is 0.475 e. The Kier molecular flexibility index (Phi) is 3.53. The van der Waals surface area contributed by atoms with Gasteiger partial charge in [-0.25, -0.2) is 9.78 Å². The summed E-state index contributed by atoms with van der Waals surface area (Å²) in [6, 6.07) is 0. The van der Waals surface area contributed by atoms with Crippen molar-refractivity contribution in [2.24, 2.45) is 5.92 Å². The molecule has 0 aliphatic carbocycles. The smallest absolute Gasteiger partial charge is 0.437 e. The Balaban J connectivity index is 2.47. The average Bonchev–Trinajstić information content (AvgIpc) is 2.82. The van der Waals surface area contributed by atoms with E-state index in [1.807, 2.05) is 0 Å². The normalized spacial score (nSPS) is 30.7. The van der Waals surface area contributed by atoms with Crippen molar-refractivity contribution in [3.63, 3.8) is 0 Å². The first-order chi connectivity index (χ1) is 9.12. The number of ether oxygens (including phenoxy) is 1. The maximum Gasteiger partial charge on any atom is 0.437 e. The highest BCUT2D eigenvalue weighted by atomic mass is 19.4. The van der Waals surface area contributed by atoms with Gasteiger partial charge in [0, 0.05) is 0 Å². The molecule has 0 aromatic carbocycles. The molecule has 2 rings (SSSR count). The van der Waals surface area contributed by atoms with E-state index in [2.05, 4.69) is 4.98 Å². The van der Waals surface area contributed by atoms with E-state index >= 15 is 0 Å². The van der Waals surface area contributed by atoms with E-state index in [9.17, 15) is 18.0 Å². The van der Waals surface area contributed by atoms with Gasteiger partial charge < -0.3 is 14.3 Å². The Morgan fingerprint density at radius 1 is 1.25 bits per heavy atom. The number of hydrogen-bond donors (Lipinski definition) is 1. The summed E-state index contributed by atoms with van der Waals surface area (Å²) < 4.78 is 48.7. The third kappa shape index (κ3) is 2.39. The fourth-order valence-corrected chi connectivity index (χ4v) is 2.51. The van der Waals surface area contributed by atoms with Crippen LogP contribution in [0.25, 0.3) is 0 Å². The first kappa shape index (κ1) is 14.8. The van der Waals surface area contributed by atoms with Gasteiger partial charge in [-0.15, -0.1) is 0 Å². The number of carboxylic acid groups (broad SMARTS) is 1. The fourth-order valence-electron chi connectivity index (χ4n) is 2.51. The number of halogens is 3. The number of oxazole rings is 1. The molecule has 0 saturated carbocycles. The van der Waals surface area contributed by atoms with Crippen LogP contribution < -0.4 is 0 Å². The molecule has 1 saturated heterocycles. The molecule has 5 nitrogen and oxygen atoms in total. The lowest BCUT2D eigenvalue weighted by Crippen LogP contribution is -2.16. The second-order valence-electron chi connectivity index (χ2n) is 4.96. The Morgan fingerprint density at radius 3 is 2.20 bits per heavy atom. The maximum absolute atomic E-state index is 12.8. The van der Waals surface area contributed by atoms with Gasteiger partial charge in [0.2, 0.25) is 11.7 Å². The molecular formula is C12H14F3NO4. The van der Waals surface area contributed by atoms with E-state index < -0.39 is 29.5 Å². The number of carbonyl (C=O) groups is 1. The predicted molar refractivity (Wildman–Crippen MR) is 60.4 cm³/mol. The number of nitrogens with zero attached hydrogens (tertiary/aromatic N) is 1. The minimum absolute atomic E-state index is 0.119. The lowest BCUT2D eigenvalue weighted by atomic mass is 9.89. The zero-order chi connectivity index (χ0) is 15.2. The van der Waals surface area contributed by atoms with E-state index in [0.29, 0.717) is 0 Å². The highest BCUT2D eigenvalue weighted by Crippen LogP contribution is 2.41.